The van der Waals surface area contributed by atoms with Crippen molar-refractivity contribution in [3.8, 4) is 0 Å². The third-order valence-electron chi connectivity index (χ3n) is 6.08. The molecule has 0 bridgehead atoms. The van der Waals surface area contributed by atoms with Crippen molar-refractivity contribution in [3.05, 3.63) is 92.9 Å². The largest absolute Gasteiger partial charge is 0.462 e. The van der Waals surface area contributed by atoms with Crippen molar-refractivity contribution < 1.29 is 19.1 Å². The van der Waals surface area contributed by atoms with Crippen molar-refractivity contribution in [2.45, 2.75) is 25.8 Å². The summed E-state index contributed by atoms with van der Waals surface area (Å²) in [4.78, 5) is 41.7. The van der Waals surface area contributed by atoms with Crippen LogP contribution in [-0.4, -0.2) is 47.0 Å². The zero-order valence-corrected chi connectivity index (χ0v) is 23.9. The topological polar surface area (TPSA) is 78.9 Å². The van der Waals surface area contributed by atoms with Gasteiger partial charge in [0.05, 0.1) is 24.3 Å². The summed E-state index contributed by atoms with van der Waals surface area (Å²) in [5, 5.41) is 4.54. The van der Waals surface area contributed by atoms with Gasteiger partial charge in [-0.1, -0.05) is 46.9 Å². The molecule has 1 saturated heterocycles. The number of nitrogens with zero attached hydrogens (tertiary/aromatic N) is 2. The number of hydrogen-bond donors (Lipinski definition) is 1. The van der Waals surface area contributed by atoms with Crippen LogP contribution in [0.3, 0.4) is 0 Å². The second kappa shape index (κ2) is 12.8. The van der Waals surface area contributed by atoms with Crippen molar-refractivity contribution >= 4 is 81.3 Å². The Labute approximate surface area is 246 Å². The maximum atomic E-state index is 13.6. The highest BCUT2D eigenvalue weighted by atomic mass is 35.5. The van der Waals surface area contributed by atoms with E-state index in [-0.39, 0.29) is 30.0 Å². The van der Waals surface area contributed by atoms with E-state index >= 15 is 0 Å². The fourth-order valence-electron chi connectivity index (χ4n) is 4.20. The summed E-state index contributed by atoms with van der Waals surface area (Å²) in [7, 11) is 0. The molecule has 1 aliphatic rings. The predicted octanol–water partition coefficient (Wildman–Crippen LogP) is 6.40. The van der Waals surface area contributed by atoms with Crippen molar-refractivity contribution in [2.75, 3.05) is 23.4 Å². The van der Waals surface area contributed by atoms with Crippen molar-refractivity contribution in [3.63, 3.8) is 0 Å². The zero-order chi connectivity index (χ0) is 28.1. The third-order valence-corrected chi connectivity index (χ3v) is 7.32. The Balaban J connectivity index is 1.53. The summed E-state index contributed by atoms with van der Waals surface area (Å²) in [6, 6.07) is 17.5. The SMILES string of the molecule is CCOC(=O)c1ccc(NC(=O)C[C@@H]2C(=O)N(c3cccc(Cl)c3)C(=S)N2CCc2ccc(Cl)cc2Cl)cc1. The van der Waals surface area contributed by atoms with E-state index in [1.165, 1.54) is 4.90 Å². The second-order valence-corrected chi connectivity index (χ2v) is 10.3. The Morgan fingerprint density at radius 1 is 1.00 bits per heavy atom. The van der Waals surface area contributed by atoms with E-state index in [9.17, 15) is 14.4 Å². The zero-order valence-electron chi connectivity index (χ0n) is 20.8. The highest BCUT2D eigenvalue weighted by Crippen LogP contribution is 2.30. The summed E-state index contributed by atoms with van der Waals surface area (Å²) < 4.78 is 4.98. The van der Waals surface area contributed by atoms with Crippen LogP contribution >= 0.6 is 47.0 Å². The monoisotopic (exact) mass is 603 g/mol. The fraction of sp³-hybridized carbons (Fsp3) is 0.214. The van der Waals surface area contributed by atoms with E-state index in [0.717, 1.165) is 5.56 Å². The quantitative estimate of drug-likeness (QED) is 0.225. The van der Waals surface area contributed by atoms with E-state index in [1.54, 1.807) is 72.5 Å². The molecule has 3 aromatic carbocycles. The molecule has 0 saturated carbocycles. The first-order valence-electron chi connectivity index (χ1n) is 12.1. The highest BCUT2D eigenvalue weighted by molar-refractivity contribution is 7.80. The maximum Gasteiger partial charge on any atom is 0.338 e. The van der Waals surface area contributed by atoms with Gasteiger partial charge < -0.3 is 15.0 Å². The number of carbonyl (C=O) groups is 3. The Kier molecular flexibility index (Phi) is 9.45. The van der Waals surface area contributed by atoms with E-state index < -0.39 is 12.0 Å². The lowest BCUT2D eigenvalue weighted by molar-refractivity contribution is -0.124. The average Bonchev–Trinajstić information content (AvgIpc) is 3.12. The molecule has 7 nitrogen and oxygen atoms in total. The molecule has 1 heterocycles. The van der Waals surface area contributed by atoms with Crippen molar-refractivity contribution in [1.82, 2.24) is 4.90 Å². The standard InChI is InChI=1S/C28H24Cl3N3O4S/c1-2-38-27(37)18-7-10-21(11-8-18)32-25(35)16-24-26(36)34(22-5-3-4-19(29)14-22)28(39)33(24)13-12-17-6-9-20(30)15-23(17)31/h3-11,14-15,24H,2,12-13,16H2,1H3,(H,32,35)/t24-/m1/s1. The summed E-state index contributed by atoms with van der Waals surface area (Å²) >= 11 is 24.3. The number of amides is 2. The number of benzene rings is 3. The van der Waals surface area contributed by atoms with E-state index in [0.29, 0.717) is 45.0 Å². The molecule has 1 aliphatic heterocycles. The van der Waals surface area contributed by atoms with E-state index in [2.05, 4.69) is 5.32 Å². The molecule has 202 valence electrons. The molecule has 2 amide bonds. The van der Waals surface area contributed by atoms with Crippen LogP contribution in [0.4, 0.5) is 11.4 Å². The molecule has 0 radical (unpaired) electrons. The van der Waals surface area contributed by atoms with Crippen molar-refractivity contribution in [1.29, 1.82) is 0 Å². The molecule has 1 fully saturated rings. The van der Waals surface area contributed by atoms with Gasteiger partial charge in [0.2, 0.25) is 5.91 Å². The van der Waals surface area contributed by atoms with Gasteiger partial charge in [0.25, 0.3) is 5.91 Å². The number of rotatable bonds is 9. The minimum absolute atomic E-state index is 0.149. The Bertz CT molecular complexity index is 1420. The number of hydrogen-bond acceptors (Lipinski definition) is 5. The van der Waals surface area contributed by atoms with Crippen LogP contribution < -0.4 is 10.2 Å². The lowest BCUT2D eigenvalue weighted by Crippen LogP contribution is -2.39. The minimum Gasteiger partial charge on any atom is -0.462 e. The molecule has 4 rings (SSSR count). The van der Waals surface area contributed by atoms with Gasteiger partial charge in [-0.15, -0.1) is 0 Å². The highest BCUT2D eigenvalue weighted by Gasteiger charge is 2.44. The number of halogens is 3. The minimum atomic E-state index is -0.846. The molecule has 0 spiro atoms. The lowest BCUT2D eigenvalue weighted by atomic mass is 10.1. The summed E-state index contributed by atoms with van der Waals surface area (Å²) in [6.07, 6.45) is 0.324. The first-order valence-corrected chi connectivity index (χ1v) is 13.6. The van der Waals surface area contributed by atoms with Crippen LogP contribution in [0, 0.1) is 0 Å². The fourth-order valence-corrected chi connectivity index (χ4v) is 5.30. The number of thiocarbonyl (C=S) groups is 1. The van der Waals surface area contributed by atoms with Crippen LogP contribution in [0.25, 0.3) is 0 Å². The van der Waals surface area contributed by atoms with Gasteiger partial charge in [0.15, 0.2) is 5.11 Å². The second-order valence-electron chi connectivity index (χ2n) is 8.68. The molecule has 1 N–H and O–H groups in total. The lowest BCUT2D eigenvalue weighted by Gasteiger charge is -2.24. The van der Waals surface area contributed by atoms with Gasteiger partial charge in [-0.05, 0) is 85.7 Å². The number of esters is 1. The first kappa shape index (κ1) is 28.8. The van der Waals surface area contributed by atoms with Gasteiger partial charge in [-0.3, -0.25) is 14.5 Å². The Morgan fingerprint density at radius 3 is 2.38 bits per heavy atom. The Morgan fingerprint density at radius 2 is 1.72 bits per heavy atom. The van der Waals surface area contributed by atoms with Crippen LogP contribution in [0.15, 0.2) is 66.7 Å². The molecule has 0 aromatic heterocycles. The molecular weight excluding hydrogens is 581 g/mol. The number of anilines is 2. The molecule has 39 heavy (non-hydrogen) atoms. The average molecular weight is 605 g/mol. The van der Waals surface area contributed by atoms with Gasteiger partial charge >= 0.3 is 5.97 Å². The first-order chi connectivity index (χ1) is 18.7. The van der Waals surface area contributed by atoms with Gasteiger partial charge in [0.1, 0.15) is 6.04 Å². The molecule has 1 atom stereocenters. The van der Waals surface area contributed by atoms with E-state index in [4.69, 9.17) is 51.8 Å². The number of ether oxygens (including phenoxy) is 1. The molecule has 0 unspecified atom stereocenters. The number of carbonyl (C=O) groups excluding carboxylic acids is 3. The number of nitrogens with one attached hydrogen (secondary N) is 1. The van der Waals surface area contributed by atoms with Crippen LogP contribution in [0.2, 0.25) is 15.1 Å². The predicted molar refractivity (Wildman–Crippen MR) is 158 cm³/mol. The van der Waals surface area contributed by atoms with Gasteiger partial charge in [-0.25, -0.2) is 4.79 Å². The Hall–Kier alpha value is -3.17. The molecule has 3 aromatic rings. The third kappa shape index (κ3) is 6.89. The van der Waals surface area contributed by atoms with Crippen LogP contribution in [-0.2, 0) is 20.7 Å². The summed E-state index contributed by atoms with van der Waals surface area (Å²) in [5.74, 6) is -1.17. The van der Waals surface area contributed by atoms with Crippen LogP contribution in [0.1, 0.15) is 29.3 Å². The summed E-state index contributed by atoms with van der Waals surface area (Å²) in [5.41, 5.74) is 2.20. The molecular formula is C28H24Cl3N3O4S. The maximum absolute atomic E-state index is 13.6. The van der Waals surface area contributed by atoms with Gasteiger partial charge in [-0.2, -0.15) is 0 Å². The van der Waals surface area contributed by atoms with Crippen LogP contribution in [0.5, 0.6) is 0 Å². The molecule has 11 heteroatoms. The smallest absolute Gasteiger partial charge is 0.338 e. The molecule has 0 aliphatic carbocycles. The van der Waals surface area contributed by atoms with E-state index in [1.807, 2.05) is 6.07 Å². The normalized spacial score (nSPS) is 15.0. The summed E-state index contributed by atoms with van der Waals surface area (Å²) in [6.45, 7) is 2.33. The van der Waals surface area contributed by atoms with Gasteiger partial charge in [0, 0.05) is 27.3 Å². The van der Waals surface area contributed by atoms with Crippen molar-refractivity contribution in [2.24, 2.45) is 0 Å².